The van der Waals surface area contributed by atoms with Gasteiger partial charge < -0.3 is 15.1 Å². The van der Waals surface area contributed by atoms with E-state index in [1.165, 1.54) is 0 Å². The first-order valence-electron chi connectivity index (χ1n) is 5.22. The molecule has 0 radical (unpaired) electrons. The molecule has 4 nitrogen and oxygen atoms in total. The fraction of sp³-hybridized carbons (Fsp3) is 0.250. The summed E-state index contributed by atoms with van der Waals surface area (Å²) in [6, 6.07) is 9.32. The van der Waals surface area contributed by atoms with Gasteiger partial charge in [0.1, 0.15) is 5.58 Å². The Labute approximate surface area is 106 Å². The first-order chi connectivity index (χ1) is 7.81. The van der Waals surface area contributed by atoms with E-state index in [-0.39, 0.29) is 18.3 Å². The molecule has 0 saturated carbocycles. The van der Waals surface area contributed by atoms with Crippen molar-refractivity contribution >= 4 is 29.3 Å². The van der Waals surface area contributed by atoms with Gasteiger partial charge in [-0.3, -0.25) is 4.79 Å². The molecule has 0 aliphatic heterocycles. The van der Waals surface area contributed by atoms with Crippen LogP contribution in [0.4, 0.5) is 0 Å². The Morgan fingerprint density at radius 2 is 2.06 bits per heavy atom. The van der Waals surface area contributed by atoms with Crippen molar-refractivity contribution in [1.29, 1.82) is 0 Å². The van der Waals surface area contributed by atoms with Gasteiger partial charge in [-0.25, -0.2) is 0 Å². The molecule has 92 valence electrons. The first-order valence-corrected chi connectivity index (χ1v) is 5.22. The van der Waals surface area contributed by atoms with Crippen LogP contribution in [0.3, 0.4) is 0 Å². The van der Waals surface area contributed by atoms with E-state index in [9.17, 15) is 4.79 Å². The predicted octanol–water partition coefficient (Wildman–Crippen LogP) is 1.80. The van der Waals surface area contributed by atoms with Crippen LogP contribution in [0.1, 0.15) is 10.6 Å². The molecule has 0 atom stereocenters. The quantitative estimate of drug-likeness (QED) is 0.818. The smallest absolute Gasteiger partial charge is 0.287 e. The summed E-state index contributed by atoms with van der Waals surface area (Å²) in [5.41, 5.74) is 0.737. The molecule has 5 heteroatoms. The number of carbonyl (C=O) groups is 1. The second kappa shape index (κ2) is 6.27. The Kier molecular flexibility index (Phi) is 5.00. The highest BCUT2D eigenvalue weighted by Gasteiger charge is 2.10. The number of hydrogen-bond acceptors (Lipinski definition) is 3. The highest BCUT2D eigenvalue weighted by atomic mass is 35.5. The molecule has 2 aromatic rings. The van der Waals surface area contributed by atoms with Crippen LogP contribution in [0, 0.1) is 0 Å². The van der Waals surface area contributed by atoms with E-state index < -0.39 is 0 Å². The molecule has 1 aromatic carbocycles. The Hall–Kier alpha value is -1.52. The van der Waals surface area contributed by atoms with Crippen LogP contribution in [0.2, 0.25) is 0 Å². The summed E-state index contributed by atoms with van der Waals surface area (Å²) in [5.74, 6) is 0.184. The second-order valence-corrected chi connectivity index (χ2v) is 3.51. The van der Waals surface area contributed by atoms with E-state index in [1.54, 1.807) is 6.07 Å². The van der Waals surface area contributed by atoms with E-state index in [0.29, 0.717) is 12.3 Å². The Morgan fingerprint density at radius 3 is 2.76 bits per heavy atom. The number of carbonyl (C=O) groups excluding carboxylic acids is 1. The number of likely N-dealkylation sites (N-methyl/N-ethyl adjacent to an activating group) is 1. The molecule has 0 fully saturated rings. The molecule has 0 aliphatic carbocycles. The number of halogens is 1. The normalized spacial score (nSPS) is 9.94. The molecule has 0 saturated heterocycles. The molecule has 2 rings (SSSR count). The van der Waals surface area contributed by atoms with Gasteiger partial charge in [-0.2, -0.15) is 0 Å². The van der Waals surface area contributed by atoms with Gasteiger partial charge in [0.2, 0.25) is 0 Å². The third kappa shape index (κ3) is 3.22. The minimum Gasteiger partial charge on any atom is -0.451 e. The molecule has 1 heterocycles. The average Bonchev–Trinajstić information content (AvgIpc) is 2.73. The number of furan rings is 1. The molecular weight excluding hydrogens is 240 g/mol. The average molecular weight is 255 g/mol. The van der Waals surface area contributed by atoms with Gasteiger partial charge in [0.25, 0.3) is 5.91 Å². The summed E-state index contributed by atoms with van der Waals surface area (Å²) in [7, 11) is 1.84. The van der Waals surface area contributed by atoms with Crippen molar-refractivity contribution < 1.29 is 9.21 Å². The number of hydrogen-bond donors (Lipinski definition) is 2. The van der Waals surface area contributed by atoms with Gasteiger partial charge >= 0.3 is 0 Å². The first kappa shape index (κ1) is 13.5. The maximum Gasteiger partial charge on any atom is 0.287 e. The number of fused-ring (bicyclic) bond motifs is 1. The molecular formula is C12H15ClN2O2. The van der Waals surface area contributed by atoms with E-state index >= 15 is 0 Å². The van der Waals surface area contributed by atoms with Crippen molar-refractivity contribution in [1.82, 2.24) is 10.6 Å². The van der Waals surface area contributed by atoms with E-state index in [4.69, 9.17) is 4.42 Å². The fourth-order valence-corrected chi connectivity index (χ4v) is 1.48. The van der Waals surface area contributed by atoms with Gasteiger partial charge in [0.15, 0.2) is 5.76 Å². The maximum absolute atomic E-state index is 11.7. The standard InChI is InChI=1S/C12H14N2O2.ClH/c1-13-6-7-14-12(15)11-8-9-4-2-3-5-10(9)16-11;/h2-5,8,13H,6-7H2,1H3,(H,14,15);1H. The number of benzene rings is 1. The van der Waals surface area contributed by atoms with Crippen molar-refractivity contribution in [2.45, 2.75) is 0 Å². The third-order valence-corrected chi connectivity index (χ3v) is 2.31. The Morgan fingerprint density at radius 1 is 1.29 bits per heavy atom. The lowest BCUT2D eigenvalue weighted by molar-refractivity contribution is 0.0928. The van der Waals surface area contributed by atoms with Gasteiger partial charge in [-0.1, -0.05) is 18.2 Å². The van der Waals surface area contributed by atoms with Crippen LogP contribution in [0.25, 0.3) is 11.0 Å². The van der Waals surface area contributed by atoms with Crippen LogP contribution in [0.15, 0.2) is 34.7 Å². The van der Waals surface area contributed by atoms with Gasteiger partial charge in [0.05, 0.1) is 0 Å². The fourth-order valence-electron chi connectivity index (χ4n) is 1.48. The predicted molar refractivity (Wildman–Crippen MR) is 69.7 cm³/mol. The number of nitrogens with one attached hydrogen (secondary N) is 2. The summed E-state index contributed by atoms with van der Waals surface area (Å²) < 4.78 is 5.43. The largest absolute Gasteiger partial charge is 0.451 e. The van der Waals surface area contributed by atoms with Crippen molar-refractivity contribution in [3.63, 3.8) is 0 Å². The van der Waals surface area contributed by atoms with Crippen molar-refractivity contribution in [3.05, 3.63) is 36.1 Å². The van der Waals surface area contributed by atoms with Crippen LogP contribution in [-0.4, -0.2) is 26.0 Å². The molecule has 1 aromatic heterocycles. The SMILES string of the molecule is CNCCNC(=O)c1cc2ccccc2o1.Cl. The van der Waals surface area contributed by atoms with Crippen LogP contribution >= 0.6 is 12.4 Å². The van der Waals surface area contributed by atoms with Crippen molar-refractivity contribution in [2.75, 3.05) is 20.1 Å². The zero-order valence-corrected chi connectivity index (χ0v) is 10.3. The molecule has 2 N–H and O–H groups in total. The minimum absolute atomic E-state index is 0. The third-order valence-electron chi connectivity index (χ3n) is 2.31. The summed E-state index contributed by atoms with van der Waals surface area (Å²) in [4.78, 5) is 11.7. The van der Waals surface area contributed by atoms with Crippen molar-refractivity contribution in [2.24, 2.45) is 0 Å². The molecule has 0 spiro atoms. The van der Waals surface area contributed by atoms with E-state index in [1.807, 2.05) is 31.3 Å². The zero-order chi connectivity index (χ0) is 11.4. The van der Waals surface area contributed by atoms with E-state index in [0.717, 1.165) is 17.5 Å². The van der Waals surface area contributed by atoms with E-state index in [2.05, 4.69) is 10.6 Å². The minimum atomic E-state index is -0.175. The zero-order valence-electron chi connectivity index (χ0n) is 9.53. The maximum atomic E-state index is 11.7. The summed E-state index contributed by atoms with van der Waals surface area (Å²) >= 11 is 0. The molecule has 0 unspecified atom stereocenters. The molecule has 17 heavy (non-hydrogen) atoms. The lowest BCUT2D eigenvalue weighted by Crippen LogP contribution is -2.30. The van der Waals surface area contributed by atoms with Crippen LogP contribution in [-0.2, 0) is 0 Å². The van der Waals surface area contributed by atoms with Crippen LogP contribution < -0.4 is 10.6 Å². The summed E-state index contributed by atoms with van der Waals surface area (Å²) in [6.07, 6.45) is 0. The molecule has 0 bridgehead atoms. The van der Waals surface area contributed by atoms with Crippen LogP contribution in [0.5, 0.6) is 0 Å². The Balaban J connectivity index is 0.00000144. The number of para-hydroxylation sites is 1. The second-order valence-electron chi connectivity index (χ2n) is 3.51. The number of rotatable bonds is 4. The Bertz CT molecular complexity index is 463. The lowest BCUT2D eigenvalue weighted by atomic mass is 10.2. The number of amides is 1. The highest BCUT2D eigenvalue weighted by Crippen LogP contribution is 2.18. The summed E-state index contributed by atoms with van der Waals surface area (Å²) in [6.45, 7) is 1.33. The van der Waals surface area contributed by atoms with Crippen molar-refractivity contribution in [3.8, 4) is 0 Å². The molecule has 1 amide bonds. The van der Waals surface area contributed by atoms with Gasteiger partial charge in [0, 0.05) is 18.5 Å². The molecule has 0 aliphatic rings. The summed E-state index contributed by atoms with van der Waals surface area (Å²) in [5, 5.41) is 6.67. The lowest BCUT2D eigenvalue weighted by Gasteiger charge is -2.00. The highest BCUT2D eigenvalue weighted by molar-refractivity contribution is 5.96. The van der Waals surface area contributed by atoms with Gasteiger partial charge in [-0.15, -0.1) is 12.4 Å². The van der Waals surface area contributed by atoms with Gasteiger partial charge in [-0.05, 0) is 19.2 Å². The monoisotopic (exact) mass is 254 g/mol. The topological polar surface area (TPSA) is 54.3 Å².